The quantitative estimate of drug-likeness (QED) is 0.342. The van der Waals surface area contributed by atoms with E-state index >= 15 is 0 Å². The molecule has 0 N–H and O–H groups in total. The summed E-state index contributed by atoms with van der Waals surface area (Å²) in [5.74, 6) is 0. The molecule has 13 heteroatoms. The van der Waals surface area contributed by atoms with Crippen LogP contribution in [0.5, 0.6) is 0 Å². The van der Waals surface area contributed by atoms with Crippen molar-refractivity contribution in [3.05, 3.63) is 0 Å². The maximum absolute atomic E-state index is 10.7. The Hall–Kier alpha value is 0.366. The molecule has 0 heterocycles. The van der Waals surface area contributed by atoms with E-state index in [-0.39, 0.29) is 23.1 Å². The van der Waals surface area contributed by atoms with Crippen LogP contribution >= 0.6 is 0 Å². The van der Waals surface area contributed by atoms with Gasteiger partial charge in [0, 0.05) is 0 Å². The molecule has 0 aliphatic carbocycles. The maximum atomic E-state index is 10.7. The van der Waals surface area contributed by atoms with E-state index in [1.807, 2.05) is 0 Å². The molecule has 0 bridgehead atoms. The molecule has 0 aliphatic heterocycles. The molecule has 0 aromatic carbocycles. The van der Waals surface area contributed by atoms with Gasteiger partial charge in [-0.3, -0.25) is 0 Å². The van der Waals surface area contributed by atoms with E-state index in [2.05, 4.69) is 8.37 Å². The first-order valence-corrected chi connectivity index (χ1v) is 5.11. The van der Waals surface area contributed by atoms with Crippen molar-refractivity contribution in [3.8, 4) is 0 Å². The van der Waals surface area contributed by atoms with Crippen LogP contribution < -0.4 is 0 Å². The van der Waals surface area contributed by atoms with Crippen LogP contribution in [0.3, 0.4) is 0 Å². The third-order valence-electron chi connectivity index (χ3n) is 0.378. The molecule has 0 amide bonds. The summed E-state index contributed by atoms with van der Waals surface area (Å²) in [6.45, 7) is -3.18. The third kappa shape index (κ3) is 31.4. The average Bonchev–Trinajstić information content (AvgIpc) is 1.81. The van der Waals surface area contributed by atoms with E-state index in [1.165, 1.54) is 0 Å². The summed E-state index contributed by atoms with van der Waals surface area (Å²) >= 11 is 0. The minimum absolute atomic E-state index is 0. The Bertz CT molecular complexity index is 289. The molecule has 0 atom stereocenters. The molecule has 8 nitrogen and oxygen atoms in total. The van der Waals surface area contributed by atoms with Crippen molar-refractivity contribution in [2.75, 3.05) is 13.7 Å². The van der Waals surface area contributed by atoms with Crippen molar-refractivity contribution < 1.29 is 43.1 Å². The van der Waals surface area contributed by atoms with Crippen LogP contribution in [0.4, 0.5) is 8.78 Å². The predicted octanol–water partition coefficient (Wildman–Crippen LogP) is -1.60. The molecule has 0 aliphatic rings. The van der Waals surface area contributed by atoms with Gasteiger partial charge in [0.15, 0.2) is 0 Å². The first kappa shape index (κ1) is 20.7. The summed E-state index contributed by atoms with van der Waals surface area (Å²) in [5, 5.41) is 0. The average molecular weight is 282 g/mol. The molecule has 0 rings (SSSR count). The van der Waals surface area contributed by atoms with Crippen molar-refractivity contribution in [1.29, 1.82) is 0 Å². The van der Waals surface area contributed by atoms with Crippen LogP contribution in [0.1, 0.15) is 0 Å². The maximum Gasteiger partial charge on any atom is 2.00 e. The van der Waals surface area contributed by atoms with Gasteiger partial charge in [-0.25, -0.2) is 34.0 Å². The van der Waals surface area contributed by atoms with E-state index in [9.17, 15) is 34.7 Å². The van der Waals surface area contributed by atoms with Crippen LogP contribution in [0.25, 0.3) is 0 Å². The number of hydrogen-bond donors (Lipinski definition) is 0. The largest absolute Gasteiger partial charge is 2.00 e. The van der Waals surface area contributed by atoms with Gasteiger partial charge in [-0.05, 0) is 0 Å². The van der Waals surface area contributed by atoms with Crippen LogP contribution in [-0.4, -0.2) is 62.7 Å². The molecule has 0 aromatic rings. The minimum atomic E-state index is -4.80. The minimum Gasteiger partial charge on any atom is -0.725 e. The Morgan fingerprint density at radius 2 is 1.07 bits per heavy atom. The van der Waals surface area contributed by atoms with E-state index in [0.29, 0.717) is 0 Å². The molecule has 0 aromatic heterocycles. The molecule has 15 heavy (non-hydrogen) atoms. The van der Waals surface area contributed by atoms with Gasteiger partial charge >= 0.3 is 23.1 Å². The summed E-state index contributed by atoms with van der Waals surface area (Å²) < 4.78 is 82.6. The monoisotopic (exact) mass is 282 g/mol. The zero-order valence-corrected chi connectivity index (χ0v) is 10.0. The van der Waals surface area contributed by atoms with Crippen molar-refractivity contribution in [2.24, 2.45) is 0 Å². The van der Waals surface area contributed by atoms with Gasteiger partial charge in [0.2, 0.25) is 34.5 Å². The van der Waals surface area contributed by atoms with Crippen LogP contribution in [-0.2, 0) is 29.2 Å². The molecule has 0 radical (unpaired) electrons. The summed E-state index contributed by atoms with van der Waals surface area (Å²) in [4.78, 5) is 0. The SMILES string of the molecule is O=S(=O)([O-])OCF.O=S(=O)([O-])OCF.[Mg+2]. The Morgan fingerprint density at radius 3 is 1.07 bits per heavy atom. The second-order valence-electron chi connectivity index (χ2n) is 1.27. The molecule has 0 fully saturated rings. The molecule has 0 saturated heterocycles. The zero-order chi connectivity index (χ0) is 11.8. The fourth-order valence-corrected chi connectivity index (χ4v) is 0.327. The smallest absolute Gasteiger partial charge is 0.725 e. The van der Waals surface area contributed by atoms with Crippen molar-refractivity contribution in [3.63, 3.8) is 0 Å². The fraction of sp³-hybridized carbons (Fsp3) is 1.00. The molecule has 0 saturated carbocycles. The van der Waals surface area contributed by atoms with Gasteiger partial charge < -0.3 is 9.11 Å². The van der Waals surface area contributed by atoms with Gasteiger partial charge in [0.25, 0.3) is 0 Å². The summed E-state index contributed by atoms with van der Waals surface area (Å²) in [6, 6.07) is 0. The normalized spacial score (nSPS) is 10.9. The van der Waals surface area contributed by atoms with Crippen molar-refractivity contribution >= 4 is 43.9 Å². The first-order valence-electron chi connectivity index (χ1n) is 2.45. The second-order valence-corrected chi connectivity index (χ2v) is 3.37. The van der Waals surface area contributed by atoms with E-state index in [4.69, 9.17) is 0 Å². The van der Waals surface area contributed by atoms with Gasteiger partial charge in [-0.2, -0.15) is 0 Å². The molecule has 88 valence electrons. The second kappa shape index (κ2) is 9.58. The molecule has 0 spiro atoms. The Balaban J connectivity index is -0.000000180. The van der Waals surface area contributed by atoms with Crippen LogP contribution in [0, 0.1) is 0 Å². The van der Waals surface area contributed by atoms with Crippen molar-refractivity contribution in [1.82, 2.24) is 0 Å². The van der Waals surface area contributed by atoms with E-state index in [0.717, 1.165) is 0 Å². The topological polar surface area (TPSA) is 133 Å². The van der Waals surface area contributed by atoms with Gasteiger partial charge in [0.1, 0.15) is 0 Å². The van der Waals surface area contributed by atoms with Crippen LogP contribution in [0.2, 0.25) is 0 Å². The summed E-state index contributed by atoms with van der Waals surface area (Å²) in [6.07, 6.45) is 0. The van der Waals surface area contributed by atoms with Crippen molar-refractivity contribution in [2.45, 2.75) is 0 Å². The van der Waals surface area contributed by atoms with Gasteiger partial charge in [-0.1, -0.05) is 0 Å². The van der Waals surface area contributed by atoms with E-state index in [1.54, 1.807) is 0 Å². The third-order valence-corrected chi connectivity index (χ3v) is 1.13. The van der Waals surface area contributed by atoms with Gasteiger partial charge in [-0.15, -0.1) is 0 Å². The Labute approximate surface area is 101 Å². The molecular weight excluding hydrogens is 278 g/mol. The predicted molar refractivity (Wildman–Crippen MR) is 39.3 cm³/mol. The summed E-state index contributed by atoms with van der Waals surface area (Å²) in [5.41, 5.74) is 0. The number of alkyl halides is 2. The molecule has 0 unspecified atom stereocenters. The van der Waals surface area contributed by atoms with E-state index < -0.39 is 34.5 Å². The fourth-order valence-electron chi connectivity index (χ4n) is 0.109. The van der Waals surface area contributed by atoms with Crippen LogP contribution in [0.15, 0.2) is 0 Å². The first-order chi connectivity index (χ1) is 6.12. The Kier molecular flexibility index (Phi) is 13.2. The zero-order valence-electron chi connectivity index (χ0n) is 6.96. The van der Waals surface area contributed by atoms with Gasteiger partial charge in [0.05, 0.1) is 0 Å². The number of halogens is 2. The molecular formula is C2H4F2MgO8S2. The standard InChI is InChI=1S/2CH3FO4S.Mg/c2*2-1-6-7(3,4)5;/h2*1H2,(H,3,4,5);/q;;+2/p-2. The summed E-state index contributed by atoms with van der Waals surface area (Å²) in [7, 11) is -9.60. The Morgan fingerprint density at radius 1 is 0.867 bits per heavy atom. The number of rotatable bonds is 4. The number of hydrogen-bond acceptors (Lipinski definition) is 8.